The SMILES string of the molecule is Cc1cc(CC(=O)C(c2ccc(C(=O)N3CCOCC3)cc2)c2ccc(F)cc2F)ccn1. The summed E-state index contributed by atoms with van der Waals surface area (Å²) in [5.41, 5.74) is 2.65. The van der Waals surface area contributed by atoms with Crippen molar-refractivity contribution in [1.29, 1.82) is 0 Å². The number of amides is 1. The Morgan fingerprint density at radius 2 is 1.76 bits per heavy atom. The molecular weight excluding hydrogens is 426 g/mol. The van der Waals surface area contributed by atoms with Crippen molar-refractivity contribution in [2.45, 2.75) is 19.3 Å². The van der Waals surface area contributed by atoms with Gasteiger partial charge in [0, 0.05) is 48.6 Å². The molecule has 1 saturated heterocycles. The molecule has 5 nitrogen and oxygen atoms in total. The number of halogens is 2. The molecule has 2 aromatic carbocycles. The van der Waals surface area contributed by atoms with E-state index < -0.39 is 17.6 Å². The molecule has 170 valence electrons. The number of benzene rings is 2. The lowest BCUT2D eigenvalue weighted by Gasteiger charge is -2.27. The predicted octanol–water partition coefficient (Wildman–Crippen LogP) is 4.08. The largest absolute Gasteiger partial charge is 0.378 e. The highest BCUT2D eigenvalue weighted by atomic mass is 19.1. The van der Waals surface area contributed by atoms with Crippen LogP contribution in [0.15, 0.2) is 60.8 Å². The lowest BCUT2D eigenvalue weighted by Crippen LogP contribution is -2.40. The van der Waals surface area contributed by atoms with Gasteiger partial charge in [-0.25, -0.2) is 8.78 Å². The molecule has 7 heteroatoms. The Morgan fingerprint density at radius 3 is 2.42 bits per heavy atom. The third kappa shape index (κ3) is 5.31. The lowest BCUT2D eigenvalue weighted by molar-refractivity contribution is -0.119. The van der Waals surface area contributed by atoms with Crippen LogP contribution in [0, 0.1) is 18.6 Å². The van der Waals surface area contributed by atoms with Gasteiger partial charge in [-0.1, -0.05) is 18.2 Å². The van der Waals surface area contributed by atoms with Gasteiger partial charge in [-0.15, -0.1) is 0 Å². The molecule has 2 heterocycles. The van der Waals surface area contributed by atoms with Crippen LogP contribution in [0.4, 0.5) is 8.78 Å². The Hall–Kier alpha value is -3.45. The van der Waals surface area contributed by atoms with E-state index in [1.165, 1.54) is 6.07 Å². The number of rotatable bonds is 6. The maximum Gasteiger partial charge on any atom is 0.254 e. The Morgan fingerprint density at radius 1 is 1.03 bits per heavy atom. The van der Waals surface area contributed by atoms with E-state index in [0.717, 1.165) is 23.4 Å². The van der Waals surface area contributed by atoms with Crippen molar-refractivity contribution < 1.29 is 23.1 Å². The van der Waals surface area contributed by atoms with Gasteiger partial charge < -0.3 is 9.64 Å². The molecule has 1 unspecified atom stereocenters. The van der Waals surface area contributed by atoms with Gasteiger partial charge in [-0.2, -0.15) is 0 Å². The number of ether oxygens (including phenoxy) is 1. The number of hydrogen-bond donors (Lipinski definition) is 0. The molecule has 1 aromatic heterocycles. The summed E-state index contributed by atoms with van der Waals surface area (Å²) in [6.45, 7) is 3.87. The summed E-state index contributed by atoms with van der Waals surface area (Å²) in [6.07, 6.45) is 1.69. The summed E-state index contributed by atoms with van der Waals surface area (Å²) >= 11 is 0. The number of nitrogens with zero attached hydrogens (tertiary/aromatic N) is 2. The minimum Gasteiger partial charge on any atom is -0.378 e. The molecule has 0 bridgehead atoms. The summed E-state index contributed by atoms with van der Waals surface area (Å²) < 4.78 is 33.6. The van der Waals surface area contributed by atoms with Crippen LogP contribution in [0.1, 0.15) is 38.7 Å². The second-order valence-electron chi connectivity index (χ2n) is 8.07. The molecule has 1 aliphatic rings. The molecule has 0 spiro atoms. The van der Waals surface area contributed by atoms with E-state index >= 15 is 0 Å². The summed E-state index contributed by atoms with van der Waals surface area (Å²) in [6, 6.07) is 13.4. The first-order valence-corrected chi connectivity index (χ1v) is 10.8. The maximum absolute atomic E-state index is 14.7. The van der Waals surface area contributed by atoms with E-state index in [1.807, 2.05) is 6.92 Å². The van der Waals surface area contributed by atoms with Crippen LogP contribution < -0.4 is 0 Å². The van der Waals surface area contributed by atoms with E-state index in [0.29, 0.717) is 37.4 Å². The van der Waals surface area contributed by atoms with Gasteiger partial charge in [-0.05, 0) is 48.4 Å². The average molecular weight is 450 g/mol. The van der Waals surface area contributed by atoms with E-state index in [9.17, 15) is 18.4 Å². The van der Waals surface area contributed by atoms with Crippen LogP contribution in [-0.4, -0.2) is 47.9 Å². The van der Waals surface area contributed by atoms with Gasteiger partial charge in [0.05, 0.1) is 19.1 Å². The van der Waals surface area contributed by atoms with Crippen molar-refractivity contribution in [1.82, 2.24) is 9.88 Å². The van der Waals surface area contributed by atoms with E-state index in [4.69, 9.17) is 4.74 Å². The van der Waals surface area contributed by atoms with Gasteiger partial charge in [0.2, 0.25) is 0 Å². The normalized spacial score (nSPS) is 14.7. The predicted molar refractivity (Wildman–Crippen MR) is 119 cm³/mol. The van der Waals surface area contributed by atoms with Gasteiger partial charge >= 0.3 is 0 Å². The van der Waals surface area contributed by atoms with Crippen molar-refractivity contribution in [3.8, 4) is 0 Å². The first-order chi connectivity index (χ1) is 15.9. The van der Waals surface area contributed by atoms with Crippen LogP contribution in [0.2, 0.25) is 0 Å². The Balaban J connectivity index is 1.65. The van der Waals surface area contributed by atoms with Crippen molar-refractivity contribution in [3.05, 3.63) is 100 Å². The zero-order chi connectivity index (χ0) is 23.4. The molecule has 0 saturated carbocycles. The maximum atomic E-state index is 14.7. The zero-order valence-corrected chi connectivity index (χ0v) is 18.3. The molecule has 1 fully saturated rings. The number of carbonyl (C=O) groups excluding carboxylic acids is 2. The molecule has 1 aliphatic heterocycles. The van der Waals surface area contributed by atoms with E-state index in [2.05, 4.69) is 4.98 Å². The quantitative estimate of drug-likeness (QED) is 0.568. The van der Waals surface area contributed by atoms with Crippen molar-refractivity contribution in [2.24, 2.45) is 0 Å². The van der Waals surface area contributed by atoms with Crippen LogP contribution in [0.5, 0.6) is 0 Å². The van der Waals surface area contributed by atoms with Gasteiger partial charge in [0.15, 0.2) is 0 Å². The van der Waals surface area contributed by atoms with Crippen LogP contribution in [-0.2, 0) is 16.0 Å². The standard InChI is InChI=1S/C26H24F2N2O3/c1-17-14-18(8-9-29-17)15-24(31)25(22-7-6-21(27)16-23(22)28)19-2-4-20(5-3-19)26(32)30-10-12-33-13-11-30/h2-9,14,16,25H,10-13,15H2,1H3. The Kier molecular flexibility index (Phi) is 6.89. The van der Waals surface area contributed by atoms with E-state index in [1.54, 1.807) is 47.5 Å². The molecule has 33 heavy (non-hydrogen) atoms. The summed E-state index contributed by atoms with van der Waals surface area (Å²) in [7, 11) is 0. The van der Waals surface area contributed by atoms with Gasteiger partial charge in [0.1, 0.15) is 17.4 Å². The fraction of sp³-hybridized carbons (Fsp3) is 0.269. The highest BCUT2D eigenvalue weighted by Gasteiger charge is 2.27. The molecule has 0 radical (unpaired) electrons. The van der Waals surface area contributed by atoms with Crippen molar-refractivity contribution >= 4 is 11.7 Å². The minimum absolute atomic E-state index is 0.0688. The number of ketones is 1. The third-order valence-corrected chi connectivity index (χ3v) is 5.72. The number of aryl methyl sites for hydroxylation is 1. The smallest absolute Gasteiger partial charge is 0.254 e. The number of Topliss-reactive ketones (excluding diaryl/α,β-unsaturated/α-hetero) is 1. The van der Waals surface area contributed by atoms with Crippen LogP contribution in [0.25, 0.3) is 0 Å². The Labute approximate surface area is 191 Å². The lowest BCUT2D eigenvalue weighted by atomic mass is 9.84. The molecular formula is C26H24F2N2O3. The van der Waals surface area contributed by atoms with Crippen LogP contribution in [0.3, 0.4) is 0 Å². The number of morpholine rings is 1. The third-order valence-electron chi connectivity index (χ3n) is 5.72. The zero-order valence-electron chi connectivity index (χ0n) is 18.3. The van der Waals surface area contributed by atoms with Crippen molar-refractivity contribution in [2.75, 3.05) is 26.3 Å². The summed E-state index contributed by atoms with van der Waals surface area (Å²) in [4.78, 5) is 32.0. The molecule has 3 aromatic rings. The molecule has 0 aliphatic carbocycles. The highest BCUT2D eigenvalue weighted by molar-refractivity contribution is 5.95. The number of carbonyl (C=O) groups is 2. The highest BCUT2D eigenvalue weighted by Crippen LogP contribution is 2.30. The topological polar surface area (TPSA) is 59.5 Å². The second-order valence-corrected chi connectivity index (χ2v) is 8.07. The summed E-state index contributed by atoms with van der Waals surface area (Å²) in [5, 5.41) is 0. The van der Waals surface area contributed by atoms with Gasteiger partial charge in [-0.3, -0.25) is 14.6 Å². The fourth-order valence-electron chi connectivity index (χ4n) is 4.06. The number of pyridine rings is 1. The average Bonchev–Trinajstić information content (AvgIpc) is 2.81. The first-order valence-electron chi connectivity index (χ1n) is 10.8. The van der Waals surface area contributed by atoms with Gasteiger partial charge in [0.25, 0.3) is 5.91 Å². The monoisotopic (exact) mass is 450 g/mol. The van der Waals surface area contributed by atoms with Crippen LogP contribution >= 0.6 is 0 Å². The first kappa shape index (κ1) is 22.7. The fourth-order valence-corrected chi connectivity index (χ4v) is 4.06. The summed E-state index contributed by atoms with van der Waals surface area (Å²) in [5.74, 6) is -2.79. The number of hydrogen-bond acceptors (Lipinski definition) is 4. The molecule has 1 atom stereocenters. The Bertz CT molecular complexity index is 1160. The molecule has 4 rings (SSSR count). The molecule has 0 N–H and O–H groups in total. The molecule has 1 amide bonds. The van der Waals surface area contributed by atoms with Crippen molar-refractivity contribution in [3.63, 3.8) is 0 Å². The van der Waals surface area contributed by atoms with E-state index in [-0.39, 0.29) is 23.7 Å². The second kappa shape index (κ2) is 10.0. The number of aromatic nitrogens is 1. The minimum atomic E-state index is -0.938.